The third-order valence-electron chi connectivity index (χ3n) is 3.88. The highest BCUT2D eigenvalue weighted by Gasteiger charge is 2.19. The number of likely N-dealkylation sites (tertiary alicyclic amines) is 1. The summed E-state index contributed by atoms with van der Waals surface area (Å²) in [6, 6.07) is 8.48. The molecule has 0 spiro atoms. The number of ether oxygens (including phenoxy) is 2. The summed E-state index contributed by atoms with van der Waals surface area (Å²) in [5.74, 6) is 1.64. The van der Waals surface area contributed by atoms with Crippen LogP contribution < -0.4 is 9.47 Å². The monoisotopic (exact) mass is 341 g/mol. The van der Waals surface area contributed by atoms with Crippen LogP contribution in [0.4, 0.5) is 0 Å². The summed E-state index contributed by atoms with van der Waals surface area (Å²) in [4.78, 5) is 2.55. The van der Waals surface area contributed by atoms with Crippen LogP contribution in [0.25, 0.3) is 0 Å². The SMILES string of the molecule is COc1ccccc1OCCN1CCCCCC1CBr. The van der Waals surface area contributed by atoms with Crippen molar-refractivity contribution in [1.82, 2.24) is 4.90 Å². The normalized spacial score (nSPS) is 20.4. The van der Waals surface area contributed by atoms with Crippen molar-refractivity contribution in [1.29, 1.82) is 0 Å². The summed E-state index contributed by atoms with van der Waals surface area (Å²) in [5.41, 5.74) is 0. The first-order valence-electron chi connectivity index (χ1n) is 7.41. The molecule has 1 aliphatic rings. The summed E-state index contributed by atoms with van der Waals surface area (Å²) in [7, 11) is 1.68. The Balaban J connectivity index is 1.84. The summed E-state index contributed by atoms with van der Waals surface area (Å²) in [6.45, 7) is 2.88. The number of nitrogens with zero attached hydrogens (tertiary/aromatic N) is 1. The molecule has 0 N–H and O–H groups in total. The molecule has 20 heavy (non-hydrogen) atoms. The maximum Gasteiger partial charge on any atom is 0.161 e. The van der Waals surface area contributed by atoms with Crippen molar-refractivity contribution in [2.45, 2.75) is 31.7 Å². The molecule has 2 rings (SSSR count). The molecule has 0 aliphatic carbocycles. The maximum atomic E-state index is 5.88. The van der Waals surface area contributed by atoms with Crippen molar-refractivity contribution in [3.63, 3.8) is 0 Å². The third-order valence-corrected chi connectivity index (χ3v) is 4.63. The Morgan fingerprint density at radius 1 is 1.20 bits per heavy atom. The summed E-state index contributed by atoms with van der Waals surface area (Å²) < 4.78 is 11.2. The van der Waals surface area contributed by atoms with Gasteiger partial charge in [0.15, 0.2) is 11.5 Å². The van der Waals surface area contributed by atoms with Gasteiger partial charge in [-0.05, 0) is 31.5 Å². The average Bonchev–Trinajstić information content (AvgIpc) is 2.72. The van der Waals surface area contributed by atoms with Crippen LogP contribution in [0.2, 0.25) is 0 Å². The Hall–Kier alpha value is -0.740. The molecule has 0 radical (unpaired) electrons. The average molecular weight is 342 g/mol. The molecule has 4 heteroatoms. The number of alkyl halides is 1. The first-order valence-corrected chi connectivity index (χ1v) is 8.53. The number of hydrogen-bond donors (Lipinski definition) is 0. The van der Waals surface area contributed by atoms with Gasteiger partial charge in [-0.15, -0.1) is 0 Å². The van der Waals surface area contributed by atoms with Crippen LogP contribution in [0.3, 0.4) is 0 Å². The van der Waals surface area contributed by atoms with Crippen molar-refractivity contribution in [2.75, 3.05) is 32.1 Å². The number of benzene rings is 1. The third kappa shape index (κ3) is 4.38. The van der Waals surface area contributed by atoms with E-state index in [1.807, 2.05) is 24.3 Å². The maximum absolute atomic E-state index is 5.88. The van der Waals surface area contributed by atoms with Crippen LogP contribution in [0, 0.1) is 0 Å². The van der Waals surface area contributed by atoms with Gasteiger partial charge in [-0.3, -0.25) is 4.90 Å². The van der Waals surface area contributed by atoms with Crippen LogP contribution in [-0.2, 0) is 0 Å². The Morgan fingerprint density at radius 2 is 2.00 bits per heavy atom. The highest BCUT2D eigenvalue weighted by Crippen LogP contribution is 2.26. The van der Waals surface area contributed by atoms with Crippen LogP contribution in [0.15, 0.2) is 24.3 Å². The van der Waals surface area contributed by atoms with E-state index in [0.717, 1.165) is 23.4 Å². The van der Waals surface area contributed by atoms with Crippen molar-refractivity contribution < 1.29 is 9.47 Å². The van der Waals surface area contributed by atoms with E-state index < -0.39 is 0 Å². The number of rotatable bonds is 6. The smallest absolute Gasteiger partial charge is 0.161 e. The first-order chi connectivity index (χ1) is 9.85. The molecule has 1 atom stereocenters. The lowest BCUT2D eigenvalue weighted by Gasteiger charge is -2.28. The molecule has 0 amide bonds. The molecule has 0 saturated carbocycles. The molecule has 1 fully saturated rings. The van der Waals surface area contributed by atoms with E-state index in [4.69, 9.17) is 9.47 Å². The van der Waals surface area contributed by atoms with Crippen LogP contribution >= 0.6 is 15.9 Å². The number of halogens is 1. The van der Waals surface area contributed by atoms with Gasteiger partial charge < -0.3 is 9.47 Å². The molecule has 1 heterocycles. The zero-order valence-electron chi connectivity index (χ0n) is 12.2. The Kier molecular flexibility index (Phi) is 6.67. The lowest BCUT2D eigenvalue weighted by atomic mass is 10.1. The predicted molar refractivity (Wildman–Crippen MR) is 86.1 cm³/mol. The van der Waals surface area contributed by atoms with Gasteiger partial charge in [0.05, 0.1) is 7.11 Å². The van der Waals surface area contributed by atoms with Gasteiger partial charge in [0.2, 0.25) is 0 Å². The van der Waals surface area contributed by atoms with Crippen molar-refractivity contribution in [2.24, 2.45) is 0 Å². The van der Waals surface area contributed by atoms with E-state index in [9.17, 15) is 0 Å². The first kappa shape index (κ1) is 15.6. The highest BCUT2D eigenvalue weighted by atomic mass is 79.9. The van der Waals surface area contributed by atoms with E-state index >= 15 is 0 Å². The van der Waals surface area contributed by atoms with E-state index in [-0.39, 0.29) is 0 Å². The van der Waals surface area contributed by atoms with Crippen molar-refractivity contribution in [3.8, 4) is 11.5 Å². The Morgan fingerprint density at radius 3 is 2.75 bits per heavy atom. The lowest BCUT2D eigenvalue weighted by molar-refractivity contribution is 0.171. The van der Waals surface area contributed by atoms with Gasteiger partial charge in [-0.2, -0.15) is 0 Å². The van der Waals surface area contributed by atoms with E-state index in [1.54, 1.807) is 7.11 Å². The summed E-state index contributed by atoms with van der Waals surface area (Å²) in [5, 5.41) is 1.06. The minimum absolute atomic E-state index is 0.652. The van der Waals surface area contributed by atoms with Gasteiger partial charge in [0, 0.05) is 17.9 Å². The van der Waals surface area contributed by atoms with Crippen molar-refractivity contribution in [3.05, 3.63) is 24.3 Å². The van der Waals surface area contributed by atoms with Gasteiger partial charge >= 0.3 is 0 Å². The summed E-state index contributed by atoms with van der Waals surface area (Å²) >= 11 is 3.64. The van der Waals surface area contributed by atoms with Gasteiger partial charge in [-0.25, -0.2) is 0 Å². The molecular weight excluding hydrogens is 318 g/mol. The molecule has 1 aromatic rings. The second-order valence-corrected chi connectivity index (χ2v) is 5.84. The van der Waals surface area contributed by atoms with Crippen LogP contribution in [0.1, 0.15) is 25.7 Å². The minimum Gasteiger partial charge on any atom is -0.493 e. The zero-order chi connectivity index (χ0) is 14.2. The number of hydrogen-bond acceptors (Lipinski definition) is 3. The Labute approximate surface area is 130 Å². The molecular formula is C16H24BrNO2. The fourth-order valence-electron chi connectivity index (χ4n) is 2.72. The number of para-hydroxylation sites is 2. The molecule has 0 aromatic heterocycles. The van der Waals surface area contributed by atoms with Gasteiger partial charge in [0.1, 0.15) is 6.61 Å². The lowest BCUT2D eigenvalue weighted by Crippen LogP contribution is -2.38. The topological polar surface area (TPSA) is 21.7 Å². The Bertz CT molecular complexity index is 400. The molecule has 3 nitrogen and oxygen atoms in total. The van der Waals surface area contributed by atoms with Gasteiger partial charge in [-0.1, -0.05) is 40.9 Å². The minimum atomic E-state index is 0.652. The molecule has 112 valence electrons. The van der Waals surface area contributed by atoms with E-state index in [1.165, 1.54) is 32.2 Å². The quantitative estimate of drug-likeness (QED) is 0.736. The largest absolute Gasteiger partial charge is 0.493 e. The molecule has 1 saturated heterocycles. The fourth-order valence-corrected chi connectivity index (χ4v) is 3.45. The van der Waals surface area contributed by atoms with Crippen LogP contribution in [0.5, 0.6) is 11.5 Å². The second kappa shape index (κ2) is 8.53. The standard InChI is InChI=1S/C16H24BrNO2/c1-19-15-8-4-5-9-16(15)20-12-11-18-10-6-2-3-7-14(18)13-17/h4-5,8-9,14H,2-3,6-7,10-13H2,1H3. The summed E-state index contributed by atoms with van der Waals surface area (Å²) in [6.07, 6.45) is 5.30. The molecule has 1 unspecified atom stereocenters. The van der Waals surface area contributed by atoms with E-state index in [0.29, 0.717) is 12.6 Å². The second-order valence-electron chi connectivity index (χ2n) is 5.19. The predicted octanol–water partition coefficient (Wildman–Crippen LogP) is 3.71. The highest BCUT2D eigenvalue weighted by molar-refractivity contribution is 9.09. The zero-order valence-corrected chi connectivity index (χ0v) is 13.8. The molecule has 0 bridgehead atoms. The van der Waals surface area contributed by atoms with Gasteiger partial charge in [0.25, 0.3) is 0 Å². The molecule has 1 aromatic carbocycles. The van der Waals surface area contributed by atoms with E-state index in [2.05, 4.69) is 20.8 Å². The van der Waals surface area contributed by atoms with Crippen molar-refractivity contribution >= 4 is 15.9 Å². The van der Waals surface area contributed by atoms with Crippen LogP contribution in [-0.4, -0.2) is 43.1 Å². The number of methoxy groups -OCH3 is 1. The fraction of sp³-hybridized carbons (Fsp3) is 0.625. The molecule has 1 aliphatic heterocycles.